The Bertz CT molecular complexity index is 295. The average molecular weight is 266 g/mol. The SMILES string of the molecule is CC(C)C1CCN(C(=O)CC2CCCCC2N)CC1. The van der Waals surface area contributed by atoms with Crippen LogP contribution in [-0.4, -0.2) is 29.9 Å². The van der Waals surface area contributed by atoms with Crippen molar-refractivity contribution >= 4 is 5.91 Å². The van der Waals surface area contributed by atoms with Crippen molar-refractivity contribution in [1.29, 1.82) is 0 Å². The first-order valence-electron chi connectivity index (χ1n) is 8.11. The monoisotopic (exact) mass is 266 g/mol. The molecule has 1 aliphatic carbocycles. The van der Waals surface area contributed by atoms with E-state index in [9.17, 15) is 4.79 Å². The Labute approximate surface area is 117 Å². The summed E-state index contributed by atoms with van der Waals surface area (Å²) in [7, 11) is 0. The molecule has 0 bridgehead atoms. The lowest BCUT2D eigenvalue weighted by atomic mass is 9.82. The summed E-state index contributed by atoms with van der Waals surface area (Å²) >= 11 is 0. The highest BCUT2D eigenvalue weighted by molar-refractivity contribution is 5.76. The number of nitrogens with zero attached hydrogens (tertiary/aromatic N) is 1. The smallest absolute Gasteiger partial charge is 0.222 e. The summed E-state index contributed by atoms with van der Waals surface area (Å²) in [5.41, 5.74) is 6.15. The highest BCUT2D eigenvalue weighted by Crippen LogP contribution is 2.28. The van der Waals surface area contributed by atoms with Crippen LogP contribution in [0.1, 0.15) is 58.8 Å². The molecule has 3 heteroatoms. The maximum absolute atomic E-state index is 12.4. The van der Waals surface area contributed by atoms with Gasteiger partial charge in [0.15, 0.2) is 0 Å². The molecule has 1 saturated carbocycles. The molecule has 1 saturated heterocycles. The van der Waals surface area contributed by atoms with Crippen molar-refractivity contribution in [3.05, 3.63) is 0 Å². The molecule has 1 heterocycles. The lowest BCUT2D eigenvalue weighted by Gasteiger charge is -2.36. The van der Waals surface area contributed by atoms with Gasteiger partial charge in [0.1, 0.15) is 0 Å². The van der Waals surface area contributed by atoms with Gasteiger partial charge in [-0.2, -0.15) is 0 Å². The largest absolute Gasteiger partial charge is 0.343 e. The first-order chi connectivity index (χ1) is 9.08. The third-order valence-corrected chi connectivity index (χ3v) is 5.24. The zero-order valence-corrected chi connectivity index (χ0v) is 12.6. The molecule has 2 atom stereocenters. The molecule has 0 aromatic rings. The van der Waals surface area contributed by atoms with Crippen molar-refractivity contribution in [2.24, 2.45) is 23.5 Å². The van der Waals surface area contributed by atoms with E-state index < -0.39 is 0 Å². The minimum atomic E-state index is 0.255. The zero-order valence-electron chi connectivity index (χ0n) is 12.6. The molecule has 110 valence electrons. The quantitative estimate of drug-likeness (QED) is 0.854. The van der Waals surface area contributed by atoms with Crippen molar-refractivity contribution < 1.29 is 4.79 Å². The summed E-state index contributed by atoms with van der Waals surface area (Å²) in [5.74, 6) is 2.35. The van der Waals surface area contributed by atoms with Gasteiger partial charge < -0.3 is 10.6 Å². The van der Waals surface area contributed by atoms with Gasteiger partial charge in [-0.1, -0.05) is 26.7 Å². The molecule has 19 heavy (non-hydrogen) atoms. The Morgan fingerprint density at radius 1 is 1.16 bits per heavy atom. The van der Waals surface area contributed by atoms with Crippen molar-refractivity contribution in [2.45, 2.75) is 64.8 Å². The third kappa shape index (κ3) is 3.95. The Hall–Kier alpha value is -0.570. The van der Waals surface area contributed by atoms with Crippen LogP contribution in [0.2, 0.25) is 0 Å². The van der Waals surface area contributed by atoms with Crippen LogP contribution in [0.4, 0.5) is 0 Å². The highest BCUT2D eigenvalue weighted by atomic mass is 16.2. The highest BCUT2D eigenvalue weighted by Gasteiger charge is 2.29. The van der Waals surface area contributed by atoms with Gasteiger partial charge in [-0.15, -0.1) is 0 Å². The topological polar surface area (TPSA) is 46.3 Å². The summed E-state index contributed by atoms with van der Waals surface area (Å²) in [4.78, 5) is 14.4. The van der Waals surface area contributed by atoms with Gasteiger partial charge in [0.2, 0.25) is 5.91 Å². The second kappa shape index (κ2) is 6.74. The van der Waals surface area contributed by atoms with Crippen LogP contribution in [0.5, 0.6) is 0 Å². The fourth-order valence-corrected chi connectivity index (χ4v) is 3.66. The summed E-state index contributed by atoms with van der Waals surface area (Å²) in [6, 6.07) is 0.255. The van der Waals surface area contributed by atoms with E-state index in [0.29, 0.717) is 18.2 Å². The molecule has 0 radical (unpaired) electrons. The Kier molecular flexibility index (Phi) is 5.26. The second-order valence-electron chi connectivity index (χ2n) is 6.87. The molecule has 0 aromatic carbocycles. The minimum Gasteiger partial charge on any atom is -0.343 e. The molecular weight excluding hydrogens is 236 g/mol. The van der Waals surface area contributed by atoms with Gasteiger partial charge in [0.05, 0.1) is 0 Å². The second-order valence-corrected chi connectivity index (χ2v) is 6.87. The van der Waals surface area contributed by atoms with Crippen molar-refractivity contribution in [3.8, 4) is 0 Å². The van der Waals surface area contributed by atoms with E-state index in [1.165, 1.54) is 25.7 Å². The van der Waals surface area contributed by atoms with Crippen LogP contribution in [0.25, 0.3) is 0 Å². The van der Waals surface area contributed by atoms with E-state index in [4.69, 9.17) is 5.73 Å². The molecule has 0 spiro atoms. The Balaban J connectivity index is 1.78. The van der Waals surface area contributed by atoms with Crippen LogP contribution in [0.15, 0.2) is 0 Å². The van der Waals surface area contributed by atoms with Gasteiger partial charge in [-0.05, 0) is 43.4 Å². The van der Waals surface area contributed by atoms with Gasteiger partial charge in [0, 0.05) is 25.6 Å². The molecule has 2 aliphatic rings. The molecule has 3 nitrogen and oxygen atoms in total. The maximum atomic E-state index is 12.4. The van der Waals surface area contributed by atoms with Crippen LogP contribution >= 0.6 is 0 Å². The number of amides is 1. The van der Waals surface area contributed by atoms with Crippen LogP contribution in [0.3, 0.4) is 0 Å². The van der Waals surface area contributed by atoms with Crippen LogP contribution in [0, 0.1) is 17.8 Å². The minimum absolute atomic E-state index is 0.255. The van der Waals surface area contributed by atoms with Gasteiger partial charge in [-0.3, -0.25) is 4.79 Å². The normalized spacial score (nSPS) is 29.8. The predicted octanol–water partition coefficient (Wildman–Crippen LogP) is 2.79. The summed E-state index contributed by atoms with van der Waals surface area (Å²) < 4.78 is 0. The van der Waals surface area contributed by atoms with Gasteiger partial charge in [-0.25, -0.2) is 0 Å². The fourth-order valence-electron chi connectivity index (χ4n) is 3.66. The zero-order chi connectivity index (χ0) is 13.8. The van der Waals surface area contributed by atoms with E-state index >= 15 is 0 Å². The van der Waals surface area contributed by atoms with Crippen molar-refractivity contribution in [1.82, 2.24) is 4.90 Å². The molecule has 2 fully saturated rings. The van der Waals surface area contributed by atoms with E-state index in [-0.39, 0.29) is 6.04 Å². The first kappa shape index (κ1) is 14.8. The lowest BCUT2D eigenvalue weighted by molar-refractivity contribution is -0.134. The standard InChI is InChI=1S/C16H30N2O/c1-12(2)13-7-9-18(10-8-13)16(19)11-14-5-3-4-6-15(14)17/h12-15H,3-11,17H2,1-2H3. The Morgan fingerprint density at radius 2 is 1.79 bits per heavy atom. The molecule has 2 rings (SSSR count). The van der Waals surface area contributed by atoms with Gasteiger partial charge in [0.25, 0.3) is 0 Å². The average Bonchev–Trinajstić information content (AvgIpc) is 2.41. The van der Waals surface area contributed by atoms with Gasteiger partial charge >= 0.3 is 0 Å². The lowest BCUT2D eigenvalue weighted by Crippen LogP contribution is -2.42. The van der Waals surface area contributed by atoms with Crippen LogP contribution in [-0.2, 0) is 4.79 Å². The molecule has 2 N–H and O–H groups in total. The predicted molar refractivity (Wildman–Crippen MR) is 78.7 cm³/mol. The first-order valence-corrected chi connectivity index (χ1v) is 8.11. The number of nitrogens with two attached hydrogens (primary N) is 1. The number of carbonyl (C=O) groups excluding carboxylic acids is 1. The molecule has 1 amide bonds. The fraction of sp³-hybridized carbons (Fsp3) is 0.938. The Morgan fingerprint density at radius 3 is 2.37 bits per heavy atom. The number of hydrogen-bond acceptors (Lipinski definition) is 2. The molecule has 1 aliphatic heterocycles. The van der Waals surface area contributed by atoms with E-state index in [0.717, 1.165) is 37.8 Å². The van der Waals surface area contributed by atoms with E-state index in [2.05, 4.69) is 18.7 Å². The van der Waals surface area contributed by atoms with E-state index in [1.807, 2.05) is 0 Å². The number of likely N-dealkylation sites (tertiary alicyclic amines) is 1. The van der Waals surface area contributed by atoms with Crippen molar-refractivity contribution in [3.63, 3.8) is 0 Å². The summed E-state index contributed by atoms with van der Waals surface area (Å²) in [5, 5.41) is 0. The summed E-state index contributed by atoms with van der Waals surface area (Å²) in [6.45, 7) is 6.51. The number of rotatable bonds is 3. The number of carbonyl (C=O) groups is 1. The van der Waals surface area contributed by atoms with Crippen molar-refractivity contribution in [2.75, 3.05) is 13.1 Å². The van der Waals surface area contributed by atoms with Crippen LogP contribution < -0.4 is 5.73 Å². The molecule has 0 aromatic heterocycles. The molecular formula is C16H30N2O. The maximum Gasteiger partial charge on any atom is 0.222 e. The molecule has 2 unspecified atom stereocenters. The number of piperidine rings is 1. The van der Waals surface area contributed by atoms with E-state index in [1.54, 1.807) is 0 Å². The third-order valence-electron chi connectivity index (χ3n) is 5.24. The summed E-state index contributed by atoms with van der Waals surface area (Å²) in [6.07, 6.45) is 7.79. The number of hydrogen-bond donors (Lipinski definition) is 1.